The van der Waals surface area contributed by atoms with Gasteiger partial charge in [0.25, 0.3) is 11.4 Å². The molecule has 6 nitrogen and oxygen atoms in total. The summed E-state index contributed by atoms with van der Waals surface area (Å²) in [6.45, 7) is 0. The first kappa shape index (κ1) is 15.7. The van der Waals surface area contributed by atoms with Gasteiger partial charge in [0.2, 0.25) is 0 Å². The van der Waals surface area contributed by atoms with Crippen LogP contribution in [0, 0.1) is 20.2 Å². The normalized spacial score (nSPS) is 10.9. The quantitative estimate of drug-likeness (QED) is 0.364. The molecule has 4 aromatic carbocycles. The van der Waals surface area contributed by atoms with Crippen LogP contribution in [0.15, 0.2) is 72.8 Å². The van der Waals surface area contributed by atoms with E-state index in [0.717, 1.165) is 21.9 Å². The molecule has 126 valence electrons. The Morgan fingerprint density at radius 3 is 1.23 bits per heavy atom. The topological polar surface area (TPSA) is 86.3 Å². The Balaban J connectivity index is 2.09. The van der Waals surface area contributed by atoms with Gasteiger partial charge in [-0.15, -0.1) is 0 Å². The third-order valence-electron chi connectivity index (χ3n) is 4.48. The van der Waals surface area contributed by atoms with Gasteiger partial charge in [0, 0.05) is 12.1 Å². The zero-order valence-corrected chi connectivity index (χ0v) is 13.5. The molecule has 4 aromatic rings. The van der Waals surface area contributed by atoms with E-state index in [1.54, 1.807) is 36.4 Å². The monoisotopic (exact) mass is 344 g/mol. The third kappa shape index (κ3) is 2.36. The van der Waals surface area contributed by atoms with Gasteiger partial charge in [0.15, 0.2) is 0 Å². The van der Waals surface area contributed by atoms with Crippen LogP contribution < -0.4 is 0 Å². The van der Waals surface area contributed by atoms with Crippen LogP contribution >= 0.6 is 0 Å². The van der Waals surface area contributed by atoms with E-state index < -0.39 is 9.85 Å². The van der Waals surface area contributed by atoms with Gasteiger partial charge in [-0.1, -0.05) is 48.5 Å². The average molecular weight is 344 g/mol. The van der Waals surface area contributed by atoms with Gasteiger partial charge in [-0.2, -0.15) is 0 Å². The highest BCUT2D eigenvalue weighted by Crippen LogP contribution is 2.38. The van der Waals surface area contributed by atoms with E-state index >= 15 is 0 Å². The lowest BCUT2D eigenvalue weighted by atomic mass is 9.93. The lowest BCUT2D eigenvalue weighted by molar-refractivity contribution is -0.383. The summed E-state index contributed by atoms with van der Waals surface area (Å²) >= 11 is 0. The van der Waals surface area contributed by atoms with Crippen molar-refractivity contribution >= 4 is 32.9 Å². The number of rotatable bonds is 3. The molecule has 0 aromatic heterocycles. The summed E-state index contributed by atoms with van der Waals surface area (Å²) in [6, 6.07) is 20.6. The molecule has 0 N–H and O–H groups in total. The number of benzene rings is 4. The number of nitro benzene ring substituents is 2. The summed E-state index contributed by atoms with van der Waals surface area (Å²) in [5.74, 6) is 0. The van der Waals surface area contributed by atoms with Gasteiger partial charge < -0.3 is 0 Å². The molecule has 0 atom stereocenters. The third-order valence-corrected chi connectivity index (χ3v) is 4.48. The van der Waals surface area contributed by atoms with Crippen molar-refractivity contribution in [2.45, 2.75) is 0 Å². The van der Waals surface area contributed by atoms with Crippen molar-refractivity contribution in [1.29, 1.82) is 0 Å². The molecule has 4 rings (SSSR count). The fourth-order valence-electron chi connectivity index (χ4n) is 3.37. The first-order chi connectivity index (χ1) is 12.6. The molecule has 0 amide bonds. The summed E-state index contributed by atoms with van der Waals surface area (Å²) in [4.78, 5) is 21.8. The lowest BCUT2D eigenvalue weighted by Gasteiger charge is -2.10. The Kier molecular flexibility index (Phi) is 3.58. The zero-order chi connectivity index (χ0) is 18.3. The Labute approximate surface area is 147 Å². The van der Waals surface area contributed by atoms with E-state index in [0.29, 0.717) is 10.8 Å². The number of hydrogen-bond donors (Lipinski definition) is 0. The summed E-state index contributed by atoms with van der Waals surface area (Å²) < 4.78 is 0. The maximum absolute atomic E-state index is 11.3. The highest BCUT2D eigenvalue weighted by molar-refractivity contribution is 6.09. The summed E-state index contributed by atoms with van der Waals surface area (Å²) in [6.07, 6.45) is 0. The van der Waals surface area contributed by atoms with Crippen molar-refractivity contribution in [2.24, 2.45) is 0 Å². The van der Waals surface area contributed by atoms with Crippen LogP contribution in [0.4, 0.5) is 11.4 Å². The molecule has 0 saturated carbocycles. The molecule has 0 aliphatic heterocycles. The standard InChI is InChI=1S/C20H12N2O4/c23-21(24)19-11-3-7-15-13(5-1-9-17(15)19)14-6-2-10-18-16(14)8-4-12-20(18)22(25)26/h1-12H. The summed E-state index contributed by atoms with van der Waals surface area (Å²) in [7, 11) is 0. The van der Waals surface area contributed by atoms with Crippen molar-refractivity contribution < 1.29 is 9.85 Å². The average Bonchev–Trinajstić information content (AvgIpc) is 2.65. The summed E-state index contributed by atoms with van der Waals surface area (Å²) in [5, 5.41) is 25.2. The molecule has 0 unspecified atom stereocenters. The summed E-state index contributed by atoms with van der Waals surface area (Å²) in [5.41, 5.74) is 1.68. The second-order valence-corrected chi connectivity index (χ2v) is 5.87. The van der Waals surface area contributed by atoms with E-state index in [1.165, 1.54) is 12.1 Å². The highest BCUT2D eigenvalue weighted by atomic mass is 16.6. The Morgan fingerprint density at radius 2 is 0.846 bits per heavy atom. The van der Waals surface area contributed by atoms with E-state index in [1.807, 2.05) is 24.3 Å². The molecular formula is C20H12N2O4. The molecule has 0 fully saturated rings. The first-order valence-corrected chi connectivity index (χ1v) is 7.90. The number of fused-ring (bicyclic) bond motifs is 2. The van der Waals surface area contributed by atoms with Crippen molar-refractivity contribution in [3.63, 3.8) is 0 Å². The van der Waals surface area contributed by atoms with Crippen molar-refractivity contribution in [1.82, 2.24) is 0 Å². The largest absolute Gasteiger partial charge is 0.277 e. The van der Waals surface area contributed by atoms with Crippen LogP contribution in [0.5, 0.6) is 0 Å². The van der Waals surface area contributed by atoms with Gasteiger partial charge in [-0.3, -0.25) is 20.2 Å². The van der Waals surface area contributed by atoms with E-state index in [4.69, 9.17) is 0 Å². The van der Waals surface area contributed by atoms with Gasteiger partial charge in [-0.25, -0.2) is 0 Å². The minimum Gasteiger partial charge on any atom is -0.258 e. The smallest absolute Gasteiger partial charge is 0.258 e. The molecule has 6 heteroatoms. The Bertz CT molecular complexity index is 1110. The Hall–Kier alpha value is -3.80. The molecule has 0 radical (unpaired) electrons. The fourth-order valence-corrected chi connectivity index (χ4v) is 3.37. The molecular weight excluding hydrogens is 332 g/mol. The maximum atomic E-state index is 11.3. The predicted octanol–water partition coefficient (Wildman–Crippen LogP) is 5.48. The van der Waals surface area contributed by atoms with Crippen LogP contribution in [0.25, 0.3) is 32.7 Å². The van der Waals surface area contributed by atoms with E-state index in [9.17, 15) is 20.2 Å². The highest BCUT2D eigenvalue weighted by Gasteiger charge is 2.17. The molecule has 26 heavy (non-hydrogen) atoms. The lowest BCUT2D eigenvalue weighted by Crippen LogP contribution is -1.92. The maximum Gasteiger partial charge on any atom is 0.277 e. The van der Waals surface area contributed by atoms with Crippen LogP contribution in [-0.2, 0) is 0 Å². The SMILES string of the molecule is O=[N+]([O-])c1cccc2c(-c3cccc4c([N+](=O)[O-])cccc34)cccc12. The van der Waals surface area contributed by atoms with Crippen molar-refractivity contribution in [3.8, 4) is 11.1 Å². The van der Waals surface area contributed by atoms with E-state index in [2.05, 4.69) is 0 Å². The number of nitro groups is 2. The minimum atomic E-state index is -0.403. The van der Waals surface area contributed by atoms with Crippen LogP contribution in [0.2, 0.25) is 0 Å². The molecule has 0 heterocycles. The number of non-ortho nitro benzene ring substituents is 2. The van der Waals surface area contributed by atoms with Gasteiger partial charge in [0.1, 0.15) is 0 Å². The number of nitrogens with zero attached hydrogens (tertiary/aromatic N) is 2. The zero-order valence-electron chi connectivity index (χ0n) is 13.5. The van der Waals surface area contributed by atoms with Gasteiger partial charge >= 0.3 is 0 Å². The van der Waals surface area contributed by atoms with Crippen molar-refractivity contribution in [2.75, 3.05) is 0 Å². The number of hydrogen-bond acceptors (Lipinski definition) is 4. The second kappa shape index (κ2) is 5.93. The fraction of sp³-hybridized carbons (Fsp3) is 0. The van der Waals surface area contributed by atoms with Gasteiger partial charge in [0.05, 0.1) is 20.6 Å². The second-order valence-electron chi connectivity index (χ2n) is 5.87. The molecule has 0 spiro atoms. The van der Waals surface area contributed by atoms with Crippen molar-refractivity contribution in [3.05, 3.63) is 93.0 Å². The first-order valence-electron chi connectivity index (χ1n) is 7.90. The molecule has 0 aliphatic carbocycles. The predicted molar refractivity (Wildman–Crippen MR) is 100 cm³/mol. The van der Waals surface area contributed by atoms with E-state index in [-0.39, 0.29) is 11.4 Å². The van der Waals surface area contributed by atoms with Crippen LogP contribution in [-0.4, -0.2) is 9.85 Å². The molecule has 0 bridgehead atoms. The van der Waals surface area contributed by atoms with Crippen LogP contribution in [0.3, 0.4) is 0 Å². The van der Waals surface area contributed by atoms with Gasteiger partial charge in [-0.05, 0) is 34.0 Å². The molecule has 0 aliphatic rings. The minimum absolute atomic E-state index is 0.0376. The molecule has 0 saturated heterocycles. The van der Waals surface area contributed by atoms with Crippen LogP contribution in [0.1, 0.15) is 0 Å². The Morgan fingerprint density at radius 1 is 0.500 bits per heavy atom.